The summed E-state index contributed by atoms with van der Waals surface area (Å²) >= 11 is 12.2. The molecule has 0 radical (unpaired) electrons. The number of hydrogen-bond acceptors (Lipinski definition) is 5. The molecular formula is C20H18Cl2N2O4. The summed E-state index contributed by atoms with van der Waals surface area (Å²) in [5.74, 6) is 0.323. The minimum Gasteiger partial charge on any atom is -0.497 e. The minimum absolute atomic E-state index is 0.0828. The quantitative estimate of drug-likeness (QED) is 0.605. The van der Waals surface area contributed by atoms with E-state index < -0.39 is 5.63 Å². The molecule has 1 N–H and O–H groups in total. The van der Waals surface area contributed by atoms with E-state index in [9.17, 15) is 9.59 Å². The number of ether oxygens (including phenoxy) is 1. The van der Waals surface area contributed by atoms with Crippen molar-refractivity contribution in [3.8, 4) is 5.75 Å². The Morgan fingerprint density at radius 2 is 1.89 bits per heavy atom. The van der Waals surface area contributed by atoms with Crippen LogP contribution in [0.3, 0.4) is 0 Å². The molecule has 0 bridgehead atoms. The molecule has 1 heterocycles. The number of benzene rings is 2. The van der Waals surface area contributed by atoms with Crippen molar-refractivity contribution in [1.29, 1.82) is 0 Å². The molecule has 1 aromatic heterocycles. The Morgan fingerprint density at radius 3 is 2.57 bits per heavy atom. The van der Waals surface area contributed by atoms with Crippen LogP contribution >= 0.6 is 23.2 Å². The predicted octanol–water partition coefficient (Wildman–Crippen LogP) is 4.18. The summed E-state index contributed by atoms with van der Waals surface area (Å²) in [5.41, 5.74) is 1.10. The molecule has 0 saturated carbocycles. The second kappa shape index (κ2) is 8.65. The lowest BCUT2D eigenvalue weighted by atomic mass is 10.1. The van der Waals surface area contributed by atoms with Gasteiger partial charge in [-0.2, -0.15) is 0 Å². The zero-order valence-corrected chi connectivity index (χ0v) is 16.8. The Hall–Kier alpha value is -2.54. The van der Waals surface area contributed by atoms with Crippen molar-refractivity contribution >= 4 is 45.8 Å². The normalized spacial score (nSPS) is 11.0. The largest absolute Gasteiger partial charge is 0.497 e. The van der Waals surface area contributed by atoms with Gasteiger partial charge in [-0.05, 0) is 36.9 Å². The summed E-state index contributed by atoms with van der Waals surface area (Å²) in [5, 5.41) is 4.23. The Bertz CT molecular complexity index is 1060. The molecule has 0 fully saturated rings. The molecule has 28 heavy (non-hydrogen) atoms. The van der Waals surface area contributed by atoms with Crippen molar-refractivity contribution in [2.75, 3.05) is 26.0 Å². The van der Waals surface area contributed by atoms with Gasteiger partial charge in [-0.15, -0.1) is 0 Å². The number of anilines is 1. The van der Waals surface area contributed by atoms with E-state index in [-0.39, 0.29) is 12.5 Å². The topological polar surface area (TPSA) is 71.8 Å². The van der Waals surface area contributed by atoms with Crippen LogP contribution in [0.15, 0.2) is 51.7 Å². The van der Waals surface area contributed by atoms with E-state index in [1.165, 1.54) is 6.07 Å². The molecule has 8 heteroatoms. The van der Waals surface area contributed by atoms with E-state index in [1.54, 1.807) is 49.4 Å². The maximum atomic E-state index is 12.4. The molecule has 0 aliphatic carbocycles. The Kier molecular flexibility index (Phi) is 6.24. The van der Waals surface area contributed by atoms with Gasteiger partial charge >= 0.3 is 5.63 Å². The smallest absolute Gasteiger partial charge is 0.336 e. The van der Waals surface area contributed by atoms with Gasteiger partial charge in [-0.3, -0.25) is 9.69 Å². The van der Waals surface area contributed by atoms with Crippen molar-refractivity contribution in [2.45, 2.75) is 6.54 Å². The van der Waals surface area contributed by atoms with Gasteiger partial charge in [0.15, 0.2) is 0 Å². The first-order valence-electron chi connectivity index (χ1n) is 8.40. The second-order valence-corrected chi connectivity index (χ2v) is 7.08. The molecule has 1 amide bonds. The van der Waals surface area contributed by atoms with Gasteiger partial charge < -0.3 is 14.5 Å². The Labute approximate surface area is 171 Å². The molecule has 0 unspecified atom stereocenters. The number of nitrogens with one attached hydrogen (secondary N) is 1. The number of carbonyl (C=O) groups excluding carboxylic acids is 1. The van der Waals surface area contributed by atoms with Crippen LogP contribution in [0.1, 0.15) is 5.56 Å². The van der Waals surface area contributed by atoms with Gasteiger partial charge in [-0.25, -0.2) is 4.79 Å². The van der Waals surface area contributed by atoms with E-state index in [1.807, 2.05) is 6.07 Å². The highest BCUT2D eigenvalue weighted by atomic mass is 35.5. The van der Waals surface area contributed by atoms with Gasteiger partial charge in [0, 0.05) is 24.1 Å². The first-order chi connectivity index (χ1) is 13.4. The fourth-order valence-corrected chi connectivity index (χ4v) is 3.35. The third-order valence-corrected chi connectivity index (χ3v) is 4.75. The number of fused-ring (bicyclic) bond motifs is 1. The second-order valence-electron chi connectivity index (χ2n) is 6.27. The van der Waals surface area contributed by atoms with E-state index >= 15 is 0 Å². The number of hydrogen-bond donors (Lipinski definition) is 1. The fraction of sp³-hybridized carbons (Fsp3) is 0.200. The summed E-state index contributed by atoms with van der Waals surface area (Å²) in [6.07, 6.45) is 0. The van der Waals surface area contributed by atoms with Gasteiger partial charge in [0.25, 0.3) is 0 Å². The van der Waals surface area contributed by atoms with Crippen LogP contribution < -0.4 is 15.7 Å². The van der Waals surface area contributed by atoms with Gasteiger partial charge in [0.2, 0.25) is 5.91 Å². The molecule has 0 atom stereocenters. The lowest BCUT2D eigenvalue weighted by Gasteiger charge is -2.18. The molecule has 0 aliphatic heterocycles. The van der Waals surface area contributed by atoms with Gasteiger partial charge in [0.05, 0.1) is 29.4 Å². The summed E-state index contributed by atoms with van der Waals surface area (Å²) in [7, 11) is 3.32. The molecule has 0 saturated heterocycles. The van der Waals surface area contributed by atoms with Crippen LogP contribution in [0, 0.1) is 0 Å². The minimum atomic E-state index is -0.462. The van der Waals surface area contributed by atoms with Crippen LogP contribution in [0.4, 0.5) is 5.69 Å². The molecular weight excluding hydrogens is 403 g/mol. The van der Waals surface area contributed by atoms with Crippen molar-refractivity contribution in [3.63, 3.8) is 0 Å². The van der Waals surface area contributed by atoms with Crippen molar-refractivity contribution in [2.24, 2.45) is 0 Å². The highest BCUT2D eigenvalue weighted by Gasteiger charge is 2.14. The molecule has 146 valence electrons. The Morgan fingerprint density at radius 1 is 1.18 bits per heavy atom. The number of halogens is 2. The maximum Gasteiger partial charge on any atom is 0.336 e. The summed E-state index contributed by atoms with van der Waals surface area (Å²) in [4.78, 5) is 26.0. The predicted molar refractivity (Wildman–Crippen MR) is 110 cm³/mol. The van der Waals surface area contributed by atoms with E-state index in [0.29, 0.717) is 33.6 Å². The molecule has 3 rings (SSSR count). The first kappa shape index (κ1) is 20.2. The zero-order chi connectivity index (χ0) is 20.3. The standard InChI is InChI=1S/C20H18Cl2N2O4/c1-24(11-18(25)23-20-15(21)4-3-5-16(20)22)10-12-8-19(26)28-17-9-13(27-2)6-7-14(12)17/h3-9H,10-11H2,1-2H3,(H,23,25). The summed E-state index contributed by atoms with van der Waals surface area (Å²) in [6, 6.07) is 11.7. The van der Waals surface area contributed by atoms with Gasteiger partial charge in [0.1, 0.15) is 11.3 Å². The fourth-order valence-electron chi connectivity index (χ4n) is 2.86. The summed E-state index contributed by atoms with van der Waals surface area (Å²) in [6.45, 7) is 0.456. The Balaban J connectivity index is 1.75. The lowest BCUT2D eigenvalue weighted by Crippen LogP contribution is -2.30. The molecule has 0 spiro atoms. The van der Waals surface area contributed by atoms with E-state index in [4.69, 9.17) is 32.4 Å². The zero-order valence-electron chi connectivity index (χ0n) is 15.3. The number of methoxy groups -OCH3 is 1. The van der Waals surface area contributed by atoms with Crippen LogP contribution in [0.2, 0.25) is 10.0 Å². The molecule has 6 nitrogen and oxygen atoms in total. The monoisotopic (exact) mass is 420 g/mol. The van der Waals surface area contributed by atoms with Crippen LogP contribution in [-0.4, -0.2) is 31.5 Å². The average Bonchev–Trinajstić information content (AvgIpc) is 2.64. The SMILES string of the molecule is COc1ccc2c(CN(C)CC(=O)Nc3c(Cl)cccc3Cl)cc(=O)oc2c1. The molecule has 0 aliphatic rings. The van der Waals surface area contributed by atoms with Crippen LogP contribution in [0.5, 0.6) is 5.75 Å². The van der Waals surface area contributed by atoms with Crippen molar-refractivity contribution in [3.05, 3.63) is 68.5 Å². The number of amides is 1. The average molecular weight is 421 g/mol. The first-order valence-corrected chi connectivity index (χ1v) is 9.16. The number of nitrogens with zero attached hydrogens (tertiary/aromatic N) is 1. The maximum absolute atomic E-state index is 12.4. The lowest BCUT2D eigenvalue weighted by molar-refractivity contribution is -0.117. The number of para-hydroxylation sites is 1. The van der Waals surface area contributed by atoms with Crippen molar-refractivity contribution in [1.82, 2.24) is 4.90 Å². The third-order valence-electron chi connectivity index (χ3n) is 4.12. The molecule has 2 aromatic carbocycles. The van der Waals surface area contributed by atoms with Gasteiger partial charge in [-0.1, -0.05) is 29.3 Å². The van der Waals surface area contributed by atoms with E-state index in [0.717, 1.165) is 10.9 Å². The number of rotatable bonds is 6. The molecule has 3 aromatic rings. The van der Waals surface area contributed by atoms with Crippen LogP contribution in [0.25, 0.3) is 11.0 Å². The highest BCUT2D eigenvalue weighted by Crippen LogP contribution is 2.29. The summed E-state index contributed by atoms with van der Waals surface area (Å²) < 4.78 is 10.4. The van der Waals surface area contributed by atoms with Crippen LogP contribution in [-0.2, 0) is 11.3 Å². The highest BCUT2D eigenvalue weighted by molar-refractivity contribution is 6.39. The number of carbonyl (C=O) groups is 1. The number of likely N-dealkylation sites (N-methyl/N-ethyl adjacent to an activating group) is 1. The third kappa shape index (κ3) is 4.65. The van der Waals surface area contributed by atoms with E-state index in [2.05, 4.69) is 5.32 Å². The van der Waals surface area contributed by atoms with Crippen molar-refractivity contribution < 1.29 is 13.9 Å².